The van der Waals surface area contributed by atoms with Gasteiger partial charge >= 0.3 is 6.18 Å². The van der Waals surface area contributed by atoms with Crippen LogP contribution < -0.4 is 9.04 Å². The number of pyridine rings is 2. The third-order valence-electron chi connectivity index (χ3n) is 4.58. The summed E-state index contributed by atoms with van der Waals surface area (Å²) in [5, 5.41) is 7.69. The molecule has 0 amide bonds. The molecule has 0 atom stereocenters. The van der Waals surface area contributed by atoms with Gasteiger partial charge in [-0.15, -0.1) is 0 Å². The van der Waals surface area contributed by atoms with Gasteiger partial charge in [-0.05, 0) is 12.1 Å². The second-order valence-corrected chi connectivity index (χ2v) is 8.44. The summed E-state index contributed by atoms with van der Waals surface area (Å²) < 4.78 is 95.9. The zero-order valence-electron chi connectivity index (χ0n) is 19.4. The molecule has 0 saturated heterocycles. The Morgan fingerprint density at radius 1 is 1.12 bits per heavy atom. The first-order valence-electron chi connectivity index (χ1n) is 10.2. The number of ether oxygens (including phenoxy) is 1. The summed E-state index contributed by atoms with van der Waals surface area (Å²) in [6.45, 7) is -2.73. The van der Waals surface area contributed by atoms with Crippen LogP contribution in [0, 0.1) is 0 Å². The largest absolute Gasteiger partial charge is 0.479 e. The third-order valence-corrected chi connectivity index (χ3v) is 6.32. The van der Waals surface area contributed by atoms with Crippen molar-refractivity contribution in [2.24, 2.45) is 6.98 Å². The Bertz CT molecular complexity index is 1500. The predicted octanol–water partition coefficient (Wildman–Crippen LogP) is 2.40. The van der Waals surface area contributed by atoms with Gasteiger partial charge < -0.3 is 4.74 Å². The van der Waals surface area contributed by atoms with Crippen LogP contribution in [0.5, 0.6) is 5.88 Å². The van der Waals surface area contributed by atoms with Gasteiger partial charge in [0.05, 0.1) is 30.6 Å². The number of fused-ring (bicyclic) bond motifs is 1. The number of sulfonamides is 1. The molecule has 0 aliphatic carbocycles. The standard InChI is InChI=1S/C18H16F3N7O3S/c1-26-15-11(7-24-26)6-23-17(31-3)16(15)27(2)32(29,30)13-4-5-14(22-9-13)28-10-12(8-25-28)18(19,20)21/h4-10H,1-3H3/i1D3. The second kappa shape index (κ2) is 7.47. The number of aromatic nitrogens is 6. The van der Waals surface area contributed by atoms with Crippen LogP contribution in [-0.4, -0.2) is 52.1 Å². The monoisotopic (exact) mass is 470 g/mol. The smallest absolute Gasteiger partial charge is 0.419 e. The number of nitrogens with zero attached hydrogens (tertiary/aromatic N) is 7. The normalized spacial score (nSPS) is 14.1. The maximum absolute atomic E-state index is 13.4. The molecule has 0 saturated carbocycles. The fourth-order valence-corrected chi connectivity index (χ4v) is 4.10. The van der Waals surface area contributed by atoms with Crippen molar-refractivity contribution in [3.8, 4) is 11.7 Å². The van der Waals surface area contributed by atoms with Gasteiger partial charge in [0.2, 0.25) is 5.88 Å². The number of hydrogen-bond acceptors (Lipinski definition) is 7. The van der Waals surface area contributed by atoms with E-state index in [1.54, 1.807) is 0 Å². The Morgan fingerprint density at radius 2 is 1.91 bits per heavy atom. The maximum Gasteiger partial charge on any atom is 0.419 e. The number of alkyl halides is 3. The molecule has 0 N–H and O–H groups in total. The number of anilines is 1. The van der Waals surface area contributed by atoms with Crippen LogP contribution >= 0.6 is 0 Å². The van der Waals surface area contributed by atoms with Crippen LogP contribution in [-0.2, 0) is 23.2 Å². The van der Waals surface area contributed by atoms with E-state index in [2.05, 4.69) is 20.2 Å². The van der Waals surface area contributed by atoms with Gasteiger partial charge in [-0.25, -0.2) is 23.1 Å². The summed E-state index contributed by atoms with van der Waals surface area (Å²) in [6, 6.07) is 2.31. The van der Waals surface area contributed by atoms with Gasteiger partial charge in [0.25, 0.3) is 10.0 Å². The summed E-state index contributed by atoms with van der Waals surface area (Å²) in [7, 11) is -1.95. The molecular weight excluding hydrogens is 451 g/mol. The van der Waals surface area contributed by atoms with E-state index < -0.39 is 28.7 Å². The Hall–Kier alpha value is -3.68. The maximum atomic E-state index is 13.4. The van der Waals surface area contributed by atoms with Crippen molar-refractivity contribution in [1.29, 1.82) is 0 Å². The van der Waals surface area contributed by atoms with E-state index in [9.17, 15) is 21.6 Å². The van der Waals surface area contributed by atoms with Gasteiger partial charge in [-0.1, -0.05) is 0 Å². The molecule has 0 fully saturated rings. The van der Waals surface area contributed by atoms with Gasteiger partial charge in [-0.2, -0.15) is 23.4 Å². The highest BCUT2D eigenvalue weighted by Gasteiger charge is 2.32. The molecule has 168 valence electrons. The molecule has 0 bridgehead atoms. The van der Waals surface area contributed by atoms with Crippen LogP contribution in [0.25, 0.3) is 16.7 Å². The lowest BCUT2D eigenvalue weighted by atomic mass is 10.3. The van der Waals surface area contributed by atoms with Crippen molar-refractivity contribution in [3.63, 3.8) is 0 Å². The SMILES string of the molecule is [2H]C([2H])([2H])n1ncc2cnc(OC)c(N(C)S(=O)(=O)c3ccc(-n4cc(C(F)(F)F)cn4)nc3)c21. The third kappa shape index (κ3) is 3.51. The van der Waals surface area contributed by atoms with Gasteiger partial charge in [-0.3, -0.25) is 8.99 Å². The van der Waals surface area contributed by atoms with E-state index in [0.717, 1.165) is 27.4 Å². The Balaban J connectivity index is 1.77. The highest BCUT2D eigenvalue weighted by molar-refractivity contribution is 7.92. The van der Waals surface area contributed by atoms with E-state index >= 15 is 0 Å². The van der Waals surface area contributed by atoms with Crippen molar-refractivity contribution in [2.45, 2.75) is 11.1 Å². The average Bonchev–Trinajstić information content (AvgIpc) is 3.45. The molecule has 0 aliphatic rings. The summed E-state index contributed by atoms with van der Waals surface area (Å²) in [6.07, 6.45) is 0.206. The number of rotatable bonds is 5. The topological polar surface area (TPSA) is 108 Å². The molecule has 4 aromatic rings. The van der Waals surface area contributed by atoms with E-state index in [1.807, 2.05) is 0 Å². The minimum absolute atomic E-state index is 0.0519. The lowest BCUT2D eigenvalue weighted by molar-refractivity contribution is -0.137. The van der Waals surface area contributed by atoms with Crippen LogP contribution in [0.1, 0.15) is 9.68 Å². The molecule has 0 aliphatic heterocycles. The van der Waals surface area contributed by atoms with Crippen LogP contribution in [0.4, 0.5) is 18.9 Å². The van der Waals surface area contributed by atoms with E-state index in [0.29, 0.717) is 10.9 Å². The first kappa shape index (κ1) is 17.9. The summed E-state index contributed by atoms with van der Waals surface area (Å²) in [4.78, 5) is 7.62. The summed E-state index contributed by atoms with van der Waals surface area (Å²) in [5.74, 6) is -0.223. The molecule has 4 aromatic heterocycles. The van der Waals surface area contributed by atoms with E-state index in [-0.39, 0.29) is 33.2 Å². The Labute approximate surface area is 184 Å². The lowest BCUT2D eigenvalue weighted by Crippen LogP contribution is -2.28. The molecule has 0 radical (unpaired) electrons. The number of halogens is 3. The van der Waals surface area contributed by atoms with Crippen LogP contribution in [0.15, 0.2) is 48.0 Å². The molecule has 10 nitrogen and oxygen atoms in total. The molecule has 14 heteroatoms. The van der Waals surface area contributed by atoms with Crippen molar-refractivity contribution in [1.82, 2.24) is 29.5 Å². The predicted molar refractivity (Wildman–Crippen MR) is 107 cm³/mol. The lowest BCUT2D eigenvalue weighted by Gasteiger charge is -2.22. The Kier molecular flexibility index (Phi) is 4.19. The van der Waals surface area contributed by atoms with E-state index in [4.69, 9.17) is 8.85 Å². The van der Waals surface area contributed by atoms with Crippen molar-refractivity contribution >= 4 is 26.6 Å². The van der Waals surface area contributed by atoms with Gasteiger partial charge in [0.15, 0.2) is 5.82 Å². The zero-order valence-corrected chi connectivity index (χ0v) is 17.3. The molecule has 0 unspecified atom stereocenters. The first-order valence-corrected chi connectivity index (χ1v) is 10.2. The number of aryl methyl sites for hydroxylation is 1. The number of methoxy groups -OCH3 is 1. The van der Waals surface area contributed by atoms with Gasteiger partial charge in [0, 0.05) is 42.1 Å². The minimum atomic E-state index is -4.60. The molecular formula is C18H16F3N7O3S. The van der Waals surface area contributed by atoms with Gasteiger partial charge in [0.1, 0.15) is 10.6 Å². The van der Waals surface area contributed by atoms with Crippen molar-refractivity contribution < 1.29 is 30.4 Å². The summed E-state index contributed by atoms with van der Waals surface area (Å²) in [5.41, 5.74) is -1.22. The van der Waals surface area contributed by atoms with Crippen molar-refractivity contribution in [2.75, 3.05) is 18.5 Å². The Morgan fingerprint density at radius 3 is 2.50 bits per heavy atom. The summed E-state index contributed by atoms with van der Waals surface area (Å²) >= 11 is 0. The highest BCUT2D eigenvalue weighted by atomic mass is 32.2. The second-order valence-electron chi connectivity index (χ2n) is 6.47. The van der Waals surface area contributed by atoms with E-state index in [1.165, 1.54) is 32.6 Å². The molecule has 4 rings (SSSR count). The first-order chi connectivity index (χ1) is 16.2. The highest BCUT2D eigenvalue weighted by Crippen LogP contribution is 2.36. The minimum Gasteiger partial charge on any atom is -0.479 e. The van der Waals surface area contributed by atoms with Crippen molar-refractivity contribution in [3.05, 3.63) is 48.7 Å². The zero-order chi connectivity index (χ0) is 25.8. The average molecular weight is 470 g/mol. The fraction of sp³-hybridized carbons (Fsp3) is 0.222. The molecule has 0 aromatic carbocycles. The fourth-order valence-electron chi connectivity index (χ4n) is 2.95. The van der Waals surface area contributed by atoms with Crippen LogP contribution in [0.3, 0.4) is 0 Å². The van der Waals surface area contributed by atoms with Crippen LogP contribution in [0.2, 0.25) is 0 Å². The molecule has 4 heterocycles. The molecule has 0 spiro atoms. The molecule has 32 heavy (non-hydrogen) atoms. The number of hydrogen-bond donors (Lipinski definition) is 0. The quantitative estimate of drug-likeness (QED) is 0.441.